The lowest BCUT2D eigenvalue weighted by atomic mass is 9.88. The second-order valence-corrected chi connectivity index (χ2v) is 9.98. The summed E-state index contributed by atoms with van der Waals surface area (Å²) in [5.41, 5.74) is 0.437. The number of carbonyl (C=O) groups is 4. The monoisotopic (exact) mass is 594 g/mol. The number of ether oxygens (including phenoxy) is 2. The second-order valence-electron chi connectivity index (χ2n) is 9.98. The molecule has 2 aliphatic heterocycles. The largest absolute Gasteiger partial charge is 0.494 e. The Morgan fingerprint density at radius 3 is 2.53 bits per heavy atom. The second kappa shape index (κ2) is 14.7. The van der Waals surface area contributed by atoms with E-state index < -0.39 is 17.5 Å². The Morgan fingerprint density at radius 2 is 1.81 bits per heavy atom. The lowest BCUT2D eigenvalue weighted by Crippen LogP contribution is -2.42. The van der Waals surface area contributed by atoms with Crippen molar-refractivity contribution in [3.05, 3.63) is 76.5 Å². The molecule has 0 unspecified atom stereocenters. The molecule has 2 aliphatic rings. The van der Waals surface area contributed by atoms with Crippen LogP contribution in [0.5, 0.6) is 11.5 Å². The summed E-state index contributed by atoms with van der Waals surface area (Å²) < 4.78 is 12.7. The third-order valence-corrected chi connectivity index (χ3v) is 7.18. The van der Waals surface area contributed by atoms with Gasteiger partial charge in [0.15, 0.2) is 6.61 Å². The average Bonchev–Trinajstić information content (AvgIpc) is 3.61. The van der Waals surface area contributed by atoms with E-state index in [9.17, 15) is 19.2 Å². The van der Waals surface area contributed by atoms with Crippen LogP contribution in [-0.2, 0) is 21.4 Å². The smallest absolute Gasteiger partial charge is 0.343 e. The first-order valence-corrected chi connectivity index (χ1v) is 13.8. The van der Waals surface area contributed by atoms with Crippen molar-refractivity contribution < 1.29 is 33.8 Å². The van der Waals surface area contributed by atoms with Crippen molar-refractivity contribution in [1.82, 2.24) is 29.9 Å². The highest BCUT2D eigenvalue weighted by Gasteiger charge is 2.40. The number of nitrogens with zero attached hydrogens (tertiary/aromatic N) is 4. The molecule has 14 nitrogen and oxygen atoms in total. The number of carboxylic acid groups (broad SMARTS) is 1. The lowest BCUT2D eigenvalue weighted by molar-refractivity contribution is -0.132. The molecule has 5 rings (SSSR count). The standard InChI is InChI=1S/C28H32N6O6.CH2O2/c1-32-28(38)30-25(31-32)27(37)33-12-6-14-39-21-10-5-7-19(15-21)22-16-34(17-23(22)26(36)29-11-13-33)24(35)18-40-20-8-3-2-4-9-20;2-1-3/h2-5,7-10,15,22-23H,6,11-14,16-18H2,1H3,(H,29,36)(H,30,31,38);1H,(H,2,3)/t22-,23+;/m1./s1. The minimum absolute atomic E-state index is 0.0590. The zero-order chi connectivity index (χ0) is 30.8. The minimum Gasteiger partial charge on any atom is -0.494 e. The van der Waals surface area contributed by atoms with Crippen molar-refractivity contribution in [2.24, 2.45) is 13.0 Å². The van der Waals surface area contributed by atoms with E-state index in [1.807, 2.05) is 42.5 Å². The van der Waals surface area contributed by atoms with Gasteiger partial charge in [0, 0.05) is 45.7 Å². The number of hydrogen-bond donors (Lipinski definition) is 3. The van der Waals surface area contributed by atoms with Gasteiger partial charge < -0.3 is 29.7 Å². The summed E-state index contributed by atoms with van der Waals surface area (Å²) in [7, 11) is 1.46. The van der Waals surface area contributed by atoms with Crippen LogP contribution in [-0.4, -0.2) is 99.8 Å². The molecule has 1 aromatic heterocycles. The molecule has 2 atom stereocenters. The Morgan fingerprint density at radius 1 is 1.07 bits per heavy atom. The van der Waals surface area contributed by atoms with Crippen LogP contribution in [0.2, 0.25) is 0 Å². The van der Waals surface area contributed by atoms with Crippen molar-refractivity contribution in [3.63, 3.8) is 0 Å². The van der Waals surface area contributed by atoms with Crippen LogP contribution in [0.4, 0.5) is 0 Å². The summed E-state index contributed by atoms with van der Waals surface area (Å²) in [5, 5.41) is 13.8. The molecule has 2 bridgehead atoms. The third-order valence-electron chi connectivity index (χ3n) is 7.18. The summed E-state index contributed by atoms with van der Waals surface area (Å²) in [6.45, 7) is 1.39. The highest BCUT2D eigenvalue weighted by atomic mass is 16.5. The summed E-state index contributed by atoms with van der Waals surface area (Å²) in [6, 6.07) is 16.7. The molecule has 3 N–H and O–H groups in total. The molecule has 0 radical (unpaired) electrons. The summed E-state index contributed by atoms with van der Waals surface area (Å²) in [5.74, 6) is -0.366. The molecule has 2 aromatic carbocycles. The number of H-pyrrole nitrogens is 1. The number of aromatic nitrogens is 3. The molecule has 1 fully saturated rings. The fourth-order valence-corrected chi connectivity index (χ4v) is 5.05. The van der Waals surface area contributed by atoms with E-state index in [1.54, 1.807) is 17.0 Å². The number of aromatic amines is 1. The van der Waals surface area contributed by atoms with Gasteiger partial charge >= 0.3 is 5.69 Å². The molecular formula is C29H34N6O8. The predicted octanol–water partition coefficient (Wildman–Crippen LogP) is 0.471. The number of amides is 3. The Balaban J connectivity index is 0.00000135. The van der Waals surface area contributed by atoms with Crippen molar-refractivity contribution in [2.45, 2.75) is 12.3 Å². The van der Waals surface area contributed by atoms with Crippen molar-refractivity contribution in [3.8, 4) is 11.5 Å². The van der Waals surface area contributed by atoms with E-state index in [4.69, 9.17) is 19.4 Å². The highest BCUT2D eigenvalue weighted by molar-refractivity contribution is 5.90. The number of fused-ring (bicyclic) bond motifs is 4. The van der Waals surface area contributed by atoms with Crippen LogP contribution >= 0.6 is 0 Å². The first kappa shape index (κ1) is 30.8. The maximum absolute atomic E-state index is 13.4. The summed E-state index contributed by atoms with van der Waals surface area (Å²) in [4.78, 5) is 65.3. The van der Waals surface area contributed by atoms with E-state index in [0.29, 0.717) is 37.6 Å². The van der Waals surface area contributed by atoms with Gasteiger partial charge in [0.25, 0.3) is 18.3 Å². The van der Waals surface area contributed by atoms with Gasteiger partial charge in [-0.3, -0.25) is 24.2 Å². The zero-order valence-corrected chi connectivity index (χ0v) is 23.7. The number of aryl methyl sites for hydroxylation is 1. The van der Waals surface area contributed by atoms with Gasteiger partial charge in [-0.15, -0.1) is 5.10 Å². The number of carbonyl (C=O) groups excluding carboxylic acids is 3. The van der Waals surface area contributed by atoms with Gasteiger partial charge in [-0.2, -0.15) is 0 Å². The predicted molar refractivity (Wildman–Crippen MR) is 153 cm³/mol. The van der Waals surface area contributed by atoms with Gasteiger partial charge in [0.2, 0.25) is 11.7 Å². The number of para-hydroxylation sites is 1. The Bertz CT molecular complexity index is 1470. The molecule has 3 amide bonds. The quantitative estimate of drug-likeness (QED) is 0.363. The Labute approximate surface area is 247 Å². The van der Waals surface area contributed by atoms with Gasteiger partial charge in [-0.25, -0.2) is 9.48 Å². The van der Waals surface area contributed by atoms with Crippen LogP contribution in [0.15, 0.2) is 59.4 Å². The fraction of sp³-hybridized carbons (Fsp3) is 0.379. The minimum atomic E-state index is -0.491. The molecule has 3 heterocycles. The summed E-state index contributed by atoms with van der Waals surface area (Å²) in [6.07, 6.45) is 0.538. The number of likely N-dealkylation sites (tertiary alicyclic amines) is 1. The number of nitrogens with one attached hydrogen (secondary N) is 2. The van der Waals surface area contributed by atoms with Gasteiger partial charge in [0.1, 0.15) is 11.5 Å². The molecule has 0 spiro atoms. The molecule has 0 aliphatic carbocycles. The van der Waals surface area contributed by atoms with Crippen molar-refractivity contribution >= 4 is 24.2 Å². The van der Waals surface area contributed by atoms with Crippen LogP contribution in [0.3, 0.4) is 0 Å². The average molecular weight is 595 g/mol. The first-order valence-electron chi connectivity index (χ1n) is 13.8. The lowest BCUT2D eigenvalue weighted by Gasteiger charge is -2.24. The van der Waals surface area contributed by atoms with Crippen LogP contribution in [0.25, 0.3) is 0 Å². The van der Waals surface area contributed by atoms with Gasteiger partial charge in [-0.05, 0) is 36.2 Å². The molecule has 1 saturated heterocycles. The fourth-order valence-electron chi connectivity index (χ4n) is 5.05. The van der Waals surface area contributed by atoms with Crippen molar-refractivity contribution in [1.29, 1.82) is 0 Å². The SMILES string of the molecule is Cn1nc(C(=O)N2CCCOc3cccc(c3)[C@H]3CN(C(=O)COc4ccccc4)C[C@@H]3C(=O)NCC2)[nH]c1=O.O=CO. The van der Waals surface area contributed by atoms with Crippen LogP contribution < -0.4 is 20.5 Å². The van der Waals surface area contributed by atoms with Gasteiger partial charge in [-0.1, -0.05) is 30.3 Å². The molecule has 43 heavy (non-hydrogen) atoms. The Kier molecular flexibility index (Phi) is 10.5. The third kappa shape index (κ3) is 7.99. The van der Waals surface area contributed by atoms with Gasteiger partial charge in [0.05, 0.1) is 12.5 Å². The molecule has 14 heteroatoms. The summed E-state index contributed by atoms with van der Waals surface area (Å²) >= 11 is 0. The van der Waals surface area contributed by atoms with E-state index >= 15 is 0 Å². The maximum Gasteiger partial charge on any atom is 0.343 e. The normalized spacial score (nSPS) is 18.6. The molecule has 228 valence electrons. The molecular weight excluding hydrogens is 560 g/mol. The topological polar surface area (TPSA) is 176 Å². The molecule has 3 aromatic rings. The van der Waals surface area contributed by atoms with Crippen molar-refractivity contribution in [2.75, 3.05) is 45.9 Å². The van der Waals surface area contributed by atoms with E-state index in [0.717, 1.165) is 10.2 Å². The van der Waals surface area contributed by atoms with Crippen LogP contribution in [0, 0.1) is 5.92 Å². The van der Waals surface area contributed by atoms with E-state index in [1.165, 1.54) is 11.9 Å². The zero-order valence-electron chi connectivity index (χ0n) is 23.7. The van der Waals surface area contributed by atoms with E-state index in [2.05, 4.69) is 15.4 Å². The first-order chi connectivity index (χ1) is 20.8. The van der Waals surface area contributed by atoms with Crippen LogP contribution in [0.1, 0.15) is 28.5 Å². The highest BCUT2D eigenvalue weighted by Crippen LogP contribution is 2.34. The Hall–Kier alpha value is -5.14. The maximum atomic E-state index is 13.4. The number of rotatable bonds is 4. The number of hydrogen-bond acceptors (Lipinski definition) is 8. The van der Waals surface area contributed by atoms with E-state index in [-0.39, 0.29) is 56.3 Å². The number of benzene rings is 2. The molecule has 0 saturated carbocycles.